The Morgan fingerprint density at radius 3 is 2.19 bits per heavy atom. The van der Waals surface area contributed by atoms with Crippen molar-refractivity contribution in [3.05, 3.63) is 36.0 Å². The molecule has 2 saturated heterocycles. The number of nitrogens with one attached hydrogen (secondary N) is 10. The molecule has 382 valence electrons. The summed E-state index contributed by atoms with van der Waals surface area (Å²) in [6, 6.07) is -3.14. The number of carboxylic acid groups (broad SMARTS) is 1. The molecule has 4 rings (SSSR count). The molecule has 25 heteroatoms. The highest BCUT2D eigenvalue weighted by atomic mass is 32.2. The molecule has 2 aliphatic heterocycles. The number of carbonyl (C=O) groups is 12. The van der Waals surface area contributed by atoms with Crippen molar-refractivity contribution in [1.82, 2.24) is 52.8 Å². The minimum Gasteiger partial charge on any atom is -0.481 e. The predicted molar refractivity (Wildman–Crippen MR) is 258 cm³/mol. The SMILES string of the molecule is CSC[C@@H](NC(=O)[C@@H]1CSCCC(=O)N[C@@H](CC(C)C)C(=O)N[C@@H](Cc2c[nH]c3ccccc23)C(=O)N[C@@H](CCC(=O)O)C(=O)N1)C(=O)N[C@H]1C[C@@](C)(C(C)=O)NC(=O)CNC(=O)[C@H](C(C)=O)NC1=O. The van der Waals surface area contributed by atoms with E-state index in [4.69, 9.17) is 0 Å². The minimum atomic E-state index is -1.78. The Kier molecular flexibility index (Phi) is 20.8. The number of fused-ring (bicyclic) bond motifs is 1. The van der Waals surface area contributed by atoms with Crippen LogP contribution in [0.25, 0.3) is 10.9 Å². The standard InChI is InChI=1S/C45H62N10O13S2/c1-22(2)15-29-39(63)50-30(16-25-18-46-27-10-8-7-9-26(25)27)40(64)49-28(11-12-36(60)61)38(62)53-33(21-70-14-13-34(58)48-29)43(67)52-32(20-69-6)42(66)51-31-17-45(5,24(4)57)55-35(59)19-47-44(68)37(23(3)56)54-41(31)65/h7-10,18,22,28-33,37,46H,11-17,19-21H2,1-6H3,(H,47,68)(H,48,58)(H,49,64)(H,50,63)(H,51,66)(H,52,67)(H,53,62)(H,54,65)(H,55,59)(H,60,61)/t28-,29-,30-,31-,32+,33-,37-,45-/m0/s1. The number of para-hydroxylation sites is 1. The van der Waals surface area contributed by atoms with Gasteiger partial charge in [0.05, 0.1) is 12.1 Å². The first kappa shape index (κ1) is 56.1. The summed E-state index contributed by atoms with van der Waals surface area (Å²) < 4.78 is 0. The monoisotopic (exact) mass is 1010 g/mol. The van der Waals surface area contributed by atoms with Gasteiger partial charge in [0.15, 0.2) is 17.6 Å². The number of rotatable bonds is 15. The number of hydrogen-bond acceptors (Lipinski definition) is 14. The summed E-state index contributed by atoms with van der Waals surface area (Å²) in [5.41, 5.74) is -0.406. The van der Waals surface area contributed by atoms with Crippen molar-refractivity contribution in [1.29, 1.82) is 0 Å². The van der Waals surface area contributed by atoms with E-state index in [1.54, 1.807) is 18.5 Å². The van der Waals surface area contributed by atoms with Gasteiger partial charge in [0.1, 0.15) is 36.3 Å². The lowest BCUT2D eigenvalue weighted by molar-refractivity contribution is -0.138. The van der Waals surface area contributed by atoms with Crippen molar-refractivity contribution in [3.63, 3.8) is 0 Å². The largest absolute Gasteiger partial charge is 0.481 e. The zero-order valence-electron chi connectivity index (χ0n) is 39.7. The lowest BCUT2D eigenvalue weighted by Gasteiger charge is -2.32. The number of Topliss-reactive ketones (excluding diaryl/α,β-unsaturated/α-hetero) is 2. The van der Waals surface area contributed by atoms with Gasteiger partial charge < -0.3 is 57.9 Å². The Labute approximate surface area is 412 Å². The van der Waals surface area contributed by atoms with Gasteiger partial charge >= 0.3 is 5.97 Å². The van der Waals surface area contributed by atoms with Crippen LogP contribution in [0.4, 0.5) is 0 Å². The number of benzene rings is 1. The van der Waals surface area contributed by atoms with Crippen molar-refractivity contribution >= 4 is 105 Å². The molecule has 0 unspecified atom stereocenters. The van der Waals surface area contributed by atoms with Crippen molar-refractivity contribution < 1.29 is 62.6 Å². The lowest BCUT2D eigenvalue weighted by Crippen LogP contribution is -2.63. The molecule has 70 heavy (non-hydrogen) atoms. The second kappa shape index (κ2) is 25.9. The Morgan fingerprint density at radius 1 is 0.857 bits per heavy atom. The van der Waals surface area contributed by atoms with E-state index in [1.807, 2.05) is 32.0 Å². The molecular formula is C45H62N10O13S2. The molecule has 8 atom stereocenters. The third-order valence-corrected chi connectivity index (χ3v) is 13.3. The third-order valence-electron chi connectivity index (χ3n) is 11.5. The first-order chi connectivity index (χ1) is 33.0. The first-order valence-electron chi connectivity index (χ1n) is 22.6. The minimum absolute atomic E-state index is 0.0735. The number of hydrogen-bond donors (Lipinski definition) is 11. The number of aliphatic carboxylic acids is 1. The molecule has 0 spiro atoms. The van der Waals surface area contributed by atoms with Crippen LogP contribution in [0.2, 0.25) is 0 Å². The molecule has 2 aliphatic rings. The molecule has 23 nitrogen and oxygen atoms in total. The highest BCUT2D eigenvalue weighted by molar-refractivity contribution is 7.99. The second-order valence-corrected chi connectivity index (χ2v) is 19.8. The van der Waals surface area contributed by atoms with Crippen molar-refractivity contribution in [2.24, 2.45) is 5.92 Å². The predicted octanol–water partition coefficient (Wildman–Crippen LogP) is -1.91. The highest BCUT2D eigenvalue weighted by Crippen LogP contribution is 2.21. The van der Waals surface area contributed by atoms with E-state index in [0.717, 1.165) is 48.3 Å². The number of amides is 9. The molecule has 0 bridgehead atoms. The van der Waals surface area contributed by atoms with Crippen LogP contribution in [0, 0.1) is 5.92 Å². The molecule has 1 aromatic heterocycles. The van der Waals surface area contributed by atoms with Crippen LogP contribution in [0.15, 0.2) is 30.5 Å². The number of ketones is 2. The van der Waals surface area contributed by atoms with Crippen LogP contribution in [0.1, 0.15) is 72.3 Å². The Hall–Kier alpha value is -6.50. The van der Waals surface area contributed by atoms with Crippen LogP contribution >= 0.6 is 23.5 Å². The molecule has 2 aromatic rings. The van der Waals surface area contributed by atoms with Gasteiger partial charge in [0, 0.05) is 60.0 Å². The first-order valence-corrected chi connectivity index (χ1v) is 25.1. The maximum absolute atomic E-state index is 14.3. The van der Waals surface area contributed by atoms with E-state index < -0.39 is 144 Å². The van der Waals surface area contributed by atoms with Crippen molar-refractivity contribution in [2.45, 2.75) is 121 Å². The van der Waals surface area contributed by atoms with Gasteiger partial charge in [-0.25, -0.2) is 0 Å². The Balaban J connectivity index is 1.67. The van der Waals surface area contributed by atoms with Crippen LogP contribution in [0.3, 0.4) is 0 Å². The fourth-order valence-electron chi connectivity index (χ4n) is 7.61. The summed E-state index contributed by atoms with van der Waals surface area (Å²) in [5, 5.41) is 33.0. The lowest BCUT2D eigenvalue weighted by atomic mass is 9.88. The number of thioether (sulfide) groups is 2. The van der Waals surface area contributed by atoms with E-state index in [0.29, 0.717) is 5.56 Å². The van der Waals surface area contributed by atoms with Gasteiger partial charge in [0.2, 0.25) is 47.3 Å². The van der Waals surface area contributed by atoms with Gasteiger partial charge in [-0.3, -0.25) is 57.5 Å². The summed E-state index contributed by atoms with van der Waals surface area (Å²) in [7, 11) is 0. The van der Waals surface area contributed by atoms with Crippen LogP contribution in [-0.2, 0) is 64.0 Å². The van der Waals surface area contributed by atoms with Gasteiger partial charge in [-0.1, -0.05) is 32.0 Å². The van der Waals surface area contributed by atoms with Crippen molar-refractivity contribution in [3.8, 4) is 0 Å². The fourth-order valence-corrected chi connectivity index (χ4v) is 9.15. The molecule has 0 saturated carbocycles. The fraction of sp³-hybridized carbons (Fsp3) is 0.556. The third kappa shape index (κ3) is 16.3. The average Bonchev–Trinajstić information content (AvgIpc) is 3.69. The smallest absolute Gasteiger partial charge is 0.303 e. The van der Waals surface area contributed by atoms with Crippen LogP contribution in [-0.4, -0.2) is 159 Å². The van der Waals surface area contributed by atoms with E-state index >= 15 is 0 Å². The highest BCUT2D eigenvalue weighted by Gasteiger charge is 2.41. The van der Waals surface area contributed by atoms with E-state index in [-0.39, 0.29) is 42.4 Å². The van der Waals surface area contributed by atoms with E-state index in [9.17, 15) is 62.6 Å². The van der Waals surface area contributed by atoms with Gasteiger partial charge in [-0.15, -0.1) is 0 Å². The van der Waals surface area contributed by atoms with Gasteiger partial charge in [0.25, 0.3) is 5.91 Å². The molecule has 2 fully saturated rings. The topological polar surface area (TPSA) is 349 Å². The van der Waals surface area contributed by atoms with Crippen LogP contribution in [0.5, 0.6) is 0 Å². The number of carboxylic acids is 1. The molecule has 0 aliphatic carbocycles. The summed E-state index contributed by atoms with van der Waals surface area (Å²) in [6.45, 7) is 6.53. The Bertz CT molecular complexity index is 2340. The molecule has 3 heterocycles. The van der Waals surface area contributed by atoms with Gasteiger partial charge in [-0.05, 0) is 57.4 Å². The van der Waals surface area contributed by atoms with Gasteiger partial charge in [-0.2, -0.15) is 23.5 Å². The molecule has 1 aromatic carbocycles. The van der Waals surface area contributed by atoms with E-state index in [2.05, 4.69) is 52.8 Å². The zero-order chi connectivity index (χ0) is 51.9. The number of aromatic nitrogens is 1. The van der Waals surface area contributed by atoms with Crippen LogP contribution < -0.4 is 47.9 Å². The van der Waals surface area contributed by atoms with E-state index in [1.165, 1.54) is 6.92 Å². The summed E-state index contributed by atoms with van der Waals surface area (Å²) in [6.07, 6.45) is 1.66. The summed E-state index contributed by atoms with van der Waals surface area (Å²) in [4.78, 5) is 164. The molecule has 9 amide bonds. The zero-order valence-corrected chi connectivity index (χ0v) is 41.4. The second-order valence-electron chi connectivity index (χ2n) is 17.7. The normalized spacial score (nSPS) is 25.0. The number of H-pyrrole nitrogens is 1. The molecule has 11 N–H and O–H groups in total. The number of aromatic amines is 1. The molecular weight excluding hydrogens is 953 g/mol. The maximum Gasteiger partial charge on any atom is 0.303 e. The summed E-state index contributed by atoms with van der Waals surface area (Å²) in [5.74, 6) is -10.9. The quantitative estimate of drug-likeness (QED) is 0.0868. The summed E-state index contributed by atoms with van der Waals surface area (Å²) >= 11 is 2.16. The van der Waals surface area contributed by atoms with Crippen molar-refractivity contribution in [2.75, 3.05) is 30.1 Å². The Morgan fingerprint density at radius 2 is 1.53 bits per heavy atom. The maximum atomic E-state index is 14.3. The molecule has 0 radical (unpaired) electrons. The number of carbonyl (C=O) groups excluding carboxylic acids is 11. The average molecular weight is 1020 g/mol.